The fourth-order valence-electron chi connectivity index (χ4n) is 2.92. The number of carbonyl (C=O) groups is 1. The Morgan fingerprint density at radius 3 is 2.64 bits per heavy atom. The minimum absolute atomic E-state index is 0.0358. The van der Waals surface area contributed by atoms with Gasteiger partial charge in [0.2, 0.25) is 10.0 Å². The van der Waals surface area contributed by atoms with Crippen molar-refractivity contribution in [2.75, 3.05) is 13.7 Å². The summed E-state index contributed by atoms with van der Waals surface area (Å²) in [7, 11) is -2.41. The second-order valence-corrected chi connectivity index (χ2v) is 7.92. The first-order valence-electron chi connectivity index (χ1n) is 7.70. The number of carboxylic acid groups (broad SMARTS) is 1. The van der Waals surface area contributed by atoms with Crippen LogP contribution in [0.4, 0.5) is 0 Å². The number of aromatic nitrogens is 2. The molecule has 1 aromatic heterocycles. The molecule has 0 atom stereocenters. The molecule has 134 valence electrons. The molecule has 0 fully saturated rings. The van der Waals surface area contributed by atoms with Crippen LogP contribution in [0.1, 0.15) is 32.9 Å². The Kier molecular flexibility index (Phi) is 4.29. The van der Waals surface area contributed by atoms with E-state index in [0.717, 1.165) is 11.1 Å². The molecule has 1 aliphatic rings. The van der Waals surface area contributed by atoms with Gasteiger partial charge < -0.3 is 9.84 Å². The monoisotopic (exact) mass is 365 g/mol. The number of nitrogens with zero attached hydrogens (tertiary/aromatic N) is 2. The van der Waals surface area contributed by atoms with E-state index in [9.17, 15) is 18.3 Å². The quantitative estimate of drug-likeness (QED) is 0.849. The molecule has 0 saturated carbocycles. The first-order chi connectivity index (χ1) is 11.8. The van der Waals surface area contributed by atoms with Crippen molar-refractivity contribution in [2.45, 2.75) is 31.7 Å². The summed E-state index contributed by atoms with van der Waals surface area (Å²) < 4.78 is 32.7. The van der Waals surface area contributed by atoms with Crippen LogP contribution in [0, 0.1) is 13.8 Å². The molecule has 1 aromatic carbocycles. The van der Waals surface area contributed by atoms with E-state index in [2.05, 4.69) is 10.2 Å². The van der Waals surface area contributed by atoms with Crippen molar-refractivity contribution in [2.24, 2.45) is 0 Å². The summed E-state index contributed by atoms with van der Waals surface area (Å²) in [6.45, 7) is 3.92. The van der Waals surface area contributed by atoms with Crippen LogP contribution in [-0.2, 0) is 23.0 Å². The molecule has 0 spiro atoms. The number of nitrogens with one attached hydrogen (secondary N) is 1. The molecule has 9 heteroatoms. The maximum Gasteiger partial charge on any atom is 0.356 e. The van der Waals surface area contributed by atoms with Gasteiger partial charge >= 0.3 is 5.97 Å². The first kappa shape index (κ1) is 17.4. The number of rotatable bonds is 4. The molecule has 0 aliphatic carbocycles. The van der Waals surface area contributed by atoms with Crippen LogP contribution in [-0.4, -0.2) is 47.7 Å². The molecule has 0 saturated heterocycles. The van der Waals surface area contributed by atoms with Crippen LogP contribution in [0.15, 0.2) is 17.0 Å². The van der Waals surface area contributed by atoms with Gasteiger partial charge in [-0.05, 0) is 37.1 Å². The summed E-state index contributed by atoms with van der Waals surface area (Å²) in [6, 6.07) is 3.28. The molecule has 0 radical (unpaired) electrons. The Hall–Kier alpha value is -2.39. The average molecular weight is 365 g/mol. The van der Waals surface area contributed by atoms with E-state index in [1.807, 2.05) is 13.8 Å². The lowest BCUT2D eigenvalue weighted by atomic mass is 10.1. The van der Waals surface area contributed by atoms with E-state index in [4.69, 9.17) is 4.74 Å². The van der Waals surface area contributed by atoms with Gasteiger partial charge in [-0.3, -0.25) is 5.10 Å². The smallest absolute Gasteiger partial charge is 0.356 e. The lowest BCUT2D eigenvalue weighted by Gasteiger charge is -2.27. The van der Waals surface area contributed by atoms with Gasteiger partial charge in [0, 0.05) is 30.8 Å². The Balaban J connectivity index is 2.03. The zero-order valence-electron chi connectivity index (χ0n) is 14.2. The number of fused-ring (bicyclic) bond motifs is 1. The molecular formula is C16H19N3O5S. The molecule has 25 heavy (non-hydrogen) atoms. The number of ether oxygens (including phenoxy) is 1. The molecule has 0 unspecified atom stereocenters. The van der Waals surface area contributed by atoms with Gasteiger partial charge in [0.05, 0.1) is 7.11 Å². The minimum Gasteiger partial charge on any atom is -0.495 e. The van der Waals surface area contributed by atoms with E-state index in [1.165, 1.54) is 11.4 Å². The Morgan fingerprint density at radius 1 is 1.32 bits per heavy atom. The summed E-state index contributed by atoms with van der Waals surface area (Å²) in [5, 5.41) is 15.7. The molecule has 1 aliphatic heterocycles. The second kappa shape index (κ2) is 6.16. The summed E-state index contributed by atoms with van der Waals surface area (Å²) in [6.07, 6.45) is 0.377. The maximum absolute atomic E-state index is 13.1. The van der Waals surface area contributed by atoms with Gasteiger partial charge in [0.25, 0.3) is 0 Å². The fraction of sp³-hybridized carbons (Fsp3) is 0.375. The van der Waals surface area contributed by atoms with Crippen LogP contribution in [0.25, 0.3) is 0 Å². The molecule has 2 heterocycles. The molecule has 2 N–H and O–H groups in total. The fourth-order valence-corrected chi connectivity index (χ4v) is 4.55. The second-order valence-electron chi connectivity index (χ2n) is 6.01. The zero-order valence-corrected chi connectivity index (χ0v) is 15.0. The van der Waals surface area contributed by atoms with Crippen molar-refractivity contribution < 1.29 is 23.1 Å². The van der Waals surface area contributed by atoms with E-state index in [1.54, 1.807) is 12.1 Å². The molecule has 0 amide bonds. The highest BCUT2D eigenvalue weighted by molar-refractivity contribution is 7.89. The summed E-state index contributed by atoms with van der Waals surface area (Å²) in [5.41, 5.74) is 2.70. The number of hydrogen-bond donors (Lipinski definition) is 2. The highest BCUT2D eigenvalue weighted by Crippen LogP contribution is 2.32. The lowest BCUT2D eigenvalue weighted by Crippen LogP contribution is -2.36. The third-order valence-corrected chi connectivity index (χ3v) is 6.37. The minimum atomic E-state index is -3.83. The zero-order chi connectivity index (χ0) is 18.4. The third kappa shape index (κ3) is 2.89. The first-order valence-corrected chi connectivity index (χ1v) is 9.14. The average Bonchev–Trinajstić information content (AvgIpc) is 3.00. The molecule has 8 nitrogen and oxygen atoms in total. The number of H-pyrrole nitrogens is 1. The SMILES string of the molecule is COc1cc(C)c(C)cc1S(=O)(=O)N1CCc2[nH]nc(C(=O)O)c2C1. The van der Waals surface area contributed by atoms with E-state index in [-0.39, 0.29) is 29.4 Å². The Bertz CT molecular complexity index is 949. The number of methoxy groups -OCH3 is 1. The third-order valence-electron chi connectivity index (χ3n) is 4.50. The number of aromatic carboxylic acids is 1. The van der Waals surface area contributed by atoms with Gasteiger partial charge in [0.1, 0.15) is 10.6 Å². The highest BCUT2D eigenvalue weighted by Gasteiger charge is 2.34. The van der Waals surface area contributed by atoms with Crippen LogP contribution in [0.2, 0.25) is 0 Å². The summed E-state index contributed by atoms with van der Waals surface area (Å²) in [5.74, 6) is -0.903. The largest absolute Gasteiger partial charge is 0.495 e. The number of carboxylic acids is 1. The Morgan fingerprint density at radius 2 is 2.00 bits per heavy atom. The number of aromatic amines is 1. The standard InChI is InChI=1S/C16H19N3O5S/c1-9-6-13(24-3)14(7-10(9)2)25(22,23)19-5-4-12-11(8-19)15(16(20)21)18-17-12/h6-7H,4-5,8H2,1-3H3,(H,17,18)(H,20,21). The lowest BCUT2D eigenvalue weighted by molar-refractivity contribution is 0.0688. The van der Waals surface area contributed by atoms with Gasteiger partial charge in [0.15, 0.2) is 5.69 Å². The van der Waals surface area contributed by atoms with Crippen molar-refractivity contribution in [3.63, 3.8) is 0 Å². The molecular weight excluding hydrogens is 346 g/mol. The molecule has 2 aromatic rings. The van der Waals surface area contributed by atoms with Crippen molar-refractivity contribution >= 4 is 16.0 Å². The van der Waals surface area contributed by atoms with Gasteiger partial charge in [-0.25, -0.2) is 13.2 Å². The molecule has 3 rings (SSSR count). The van der Waals surface area contributed by atoms with E-state index in [0.29, 0.717) is 17.7 Å². The number of hydrogen-bond acceptors (Lipinski definition) is 5. The summed E-state index contributed by atoms with van der Waals surface area (Å²) in [4.78, 5) is 11.4. The van der Waals surface area contributed by atoms with Crippen LogP contribution in [0.3, 0.4) is 0 Å². The van der Waals surface area contributed by atoms with Crippen molar-refractivity contribution in [3.05, 3.63) is 40.2 Å². The van der Waals surface area contributed by atoms with E-state index >= 15 is 0 Å². The van der Waals surface area contributed by atoms with Crippen molar-refractivity contribution in [1.82, 2.24) is 14.5 Å². The van der Waals surface area contributed by atoms with Gasteiger partial charge in [-0.15, -0.1) is 0 Å². The van der Waals surface area contributed by atoms with Crippen LogP contribution in [0.5, 0.6) is 5.75 Å². The Labute approximate surface area is 145 Å². The summed E-state index contributed by atoms with van der Waals surface area (Å²) >= 11 is 0. The number of aryl methyl sites for hydroxylation is 2. The predicted octanol–water partition coefficient (Wildman–Crippen LogP) is 1.48. The number of sulfonamides is 1. The maximum atomic E-state index is 13.1. The van der Waals surface area contributed by atoms with Crippen molar-refractivity contribution in [3.8, 4) is 5.75 Å². The van der Waals surface area contributed by atoms with Crippen LogP contribution >= 0.6 is 0 Å². The normalized spacial score (nSPS) is 15.0. The number of benzene rings is 1. The van der Waals surface area contributed by atoms with Crippen LogP contribution < -0.4 is 4.74 Å². The van der Waals surface area contributed by atoms with Gasteiger partial charge in [-0.1, -0.05) is 0 Å². The highest BCUT2D eigenvalue weighted by atomic mass is 32.2. The topological polar surface area (TPSA) is 113 Å². The predicted molar refractivity (Wildman–Crippen MR) is 89.3 cm³/mol. The van der Waals surface area contributed by atoms with Crippen molar-refractivity contribution in [1.29, 1.82) is 0 Å². The molecule has 0 bridgehead atoms. The van der Waals surface area contributed by atoms with E-state index < -0.39 is 16.0 Å². The van der Waals surface area contributed by atoms with Gasteiger partial charge in [-0.2, -0.15) is 9.40 Å².